The van der Waals surface area contributed by atoms with Gasteiger partial charge in [-0.15, -0.1) is 0 Å². The Hall–Kier alpha value is -2.17. The van der Waals surface area contributed by atoms with Crippen molar-refractivity contribution in [3.63, 3.8) is 0 Å². The molecule has 20 heavy (non-hydrogen) atoms. The van der Waals surface area contributed by atoms with E-state index in [1.165, 1.54) is 6.07 Å². The minimum absolute atomic E-state index is 0.142. The minimum Gasteiger partial charge on any atom is -0.486 e. The number of halogens is 1. The molecule has 1 N–H and O–H groups in total. The first-order valence-corrected chi connectivity index (χ1v) is 6.62. The van der Waals surface area contributed by atoms with Gasteiger partial charge in [0.1, 0.15) is 6.10 Å². The first kappa shape index (κ1) is 14.2. The van der Waals surface area contributed by atoms with E-state index in [-0.39, 0.29) is 17.7 Å². The highest BCUT2D eigenvalue weighted by Gasteiger charge is 2.11. The molecule has 1 aromatic carbocycles. The van der Waals surface area contributed by atoms with E-state index in [1.54, 1.807) is 30.6 Å². The molecule has 0 radical (unpaired) electrons. The van der Waals surface area contributed by atoms with Crippen LogP contribution in [0.15, 0.2) is 36.7 Å². The second-order valence-electron chi connectivity index (χ2n) is 4.54. The summed E-state index contributed by atoms with van der Waals surface area (Å²) in [6, 6.07) is 6.40. The van der Waals surface area contributed by atoms with Gasteiger partial charge < -0.3 is 10.1 Å². The van der Waals surface area contributed by atoms with Crippen molar-refractivity contribution in [2.75, 3.05) is 11.9 Å². The third-order valence-corrected chi connectivity index (χ3v) is 2.85. The van der Waals surface area contributed by atoms with E-state index in [0.717, 1.165) is 12.0 Å². The number of benzene rings is 1. The lowest BCUT2D eigenvalue weighted by Crippen LogP contribution is -2.26. The molecule has 5 heteroatoms. The fourth-order valence-corrected chi connectivity index (χ4v) is 1.68. The van der Waals surface area contributed by atoms with Crippen LogP contribution >= 0.6 is 0 Å². The highest BCUT2D eigenvalue weighted by molar-refractivity contribution is 5.26. The Morgan fingerprint density at radius 3 is 2.60 bits per heavy atom. The van der Waals surface area contributed by atoms with Crippen LogP contribution in [-0.2, 0) is 0 Å². The number of hydrogen-bond donors (Lipinski definition) is 1. The zero-order valence-electron chi connectivity index (χ0n) is 11.6. The first-order valence-electron chi connectivity index (χ1n) is 6.62. The molecule has 2 aromatic rings. The van der Waals surface area contributed by atoms with E-state index in [9.17, 15) is 4.39 Å². The van der Waals surface area contributed by atoms with Gasteiger partial charge in [-0.25, -0.2) is 14.4 Å². The molecule has 0 spiro atoms. The number of nitrogens with one attached hydrogen (secondary N) is 1. The standard InChI is InChI=1S/C15H18FN3O/c1-3-12(20-14-7-5-4-6-13(14)16)10-19-15-17-8-11(2)9-18-15/h4-9,12H,3,10H2,1-2H3,(H,17,18,19). The molecule has 1 unspecified atom stereocenters. The van der Waals surface area contributed by atoms with Crippen LogP contribution in [0.2, 0.25) is 0 Å². The van der Waals surface area contributed by atoms with Crippen LogP contribution in [0.5, 0.6) is 5.75 Å². The number of nitrogens with zero attached hydrogens (tertiary/aromatic N) is 2. The predicted molar refractivity (Wildman–Crippen MR) is 76.4 cm³/mol. The molecule has 1 aromatic heterocycles. The largest absolute Gasteiger partial charge is 0.486 e. The molecule has 0 aliphatic heterocycles. The van der Waals surface area contributed by atoms with Crippen LogP contribution in [0.1, 0.15) is 18.9 Å². The topological polar surface area (TPSA) is 47.0 Å². The third kappa shape index (κ3) is 3.91. The molecule has 0 amide bonds. The molecular formula is C15H18FN3O. The molecule has 0 aliphatic carbocycles. The SMILES string of the molecule is CCC(CNc1ncc(C)cn1)Oc1ccccc1F. The van der Waals surface area contributed by atoms with Crippen molar-refractivity contribution < 1.29 is 9.13 Å². The van der Waals surface area contributed by atoms with Gasteiger partial charge in [0.2, 0.25) is 5.95 Å². The molecule has 106 valence electrons. The number of ether oxygens (including phenoxy) is 1. The fraction of sp³-hybridized carbons (Fsp3) is 0.333. The van der Waals surface area contributed by atoms with Crippen LogP contribution in [0.4, 0.5) is 10.3 Å². The number of para-hydroxylation sites is 1. The van der Waals surface area contributed by atoms with E-state index in [1.807, 2.05) is 13.8 Å². The van der Waals surface area contributed by atoms with Gasteiger partial charge in [0.05, 0.1) is 6.54 Å². The monoisotopic (exact) mass is 275 g/mol. The van der Waals surface area contributed by atoms with Crippen LogP contribution in [0, 0.1) is 12.7 Å². The summed E-state index contributed by atoms with van der Waals surface area (Å²) >= 11 is 0. The summed E-state index contributed by atoms with van der Waals surface area (Å²) in [4.78, 5) is 8.31. The van der Waals surface area contributed by atoms with Crippen LogP contribution in [-0.4, -0.2) is 22.6 Å². The molecule has 0 aliphatic rings. The summed E-state index contributed by atoms with van der Waals surface area (Å²) in [5, 5.41) is 3.09. The lowest BCUT2D eigenvalue weighted by Gasteiger charge is -2.18. The van der Waals surface area contributed by atoms with E-state index in [4.69, 9.17) is 4.74 Å². The van der Waals surface area contributed by atoms with E-state index in [2.05, 4.69) is 15.3 Å². The van der Waals surface area contributed by atoms with E-state index >= 15 is 0 Å². The van der Waals surface area contributed by atoms with Crippen LogP contribution in [0.3, 0.4) is 0 Å². The van der Waals surface area contributed by atoms with Gasteiger partial charge in [-0.2, -0.15) is 0 Å². The Balaban J connectivity index is 1.92. The summed E-state index contributed by atoms with van der Waals surface area (Å²) in [7, 11) is 0. The molecule has 0 bridgehead atoms. The molecular weight excluding hydrogens is 257 g/mol. The average Bonchev–Trinajstić information content (AvgIpc) is 2.47. The number of aryl methyl sites for hydroxylation is 1. The quantitative estimate of drug-likeness (QED) is 0.879. The number of aromatic nitrogens is 2. The lowest BCUT2D eigenvalue weighted by atomic mass is 10.2. The Morgan fingerprint density at radius 2 is 1.95 bits per heavy atom. The van der Waals surface area contributed by atoms with E-state index < -0.39 is 0 Å². The van der Waals surface area contributed by atoms with Gasteiger partial charge in [-0.1, -0.05) is 19.1 Å². The second kappa shape index (κ2) is 6.84. The smallest absolute Gasteiger partial charge is 0.222 e. The van der Waals surface area contributed by atoms with Crippen molar-refractivity contribution in [3.8, 4) is 5.75 Å². The second-order valence-corrected chi connectivity index (χ2v) is 4.54. The zero-order valence-corrected chi connectivity index (χ0v) is 11.6. The minimum atomic E-state index is -0.350. The van der Waals surface area contributed by atoms with Gasteiger partial charge >= 0.3 is 0 Å². The maximum absolute atomic E-state index is 13.5. The van der Waals surface area contributed by atoms with Gasteiger partial charge in [-0.3, -0.25) is 0 Å². The van der Waals surface area contributed by atoms with Crippen molar-refractivity contribution in [2.24, 2.45) is 0 Å². The lowest BCUT2D eigenvalue weighted by molar-refractivity contribution is 0.200. The molecule has 1 atom stereocenters. The third-order valence-electron chi connectivity index (χ3n) is 2.85. The van der Waals surface area contributed by atoms with Gasteiger partial charge in [-0.05, 0) is 31.0 Å². The molecule has 1 heterocycles. The normalized spacial score (nSPS) is 11.9. The molecule has 4 nitrogen and oxygen atoms in total. The average molecular weight is 275 g/mol. The van der Waals surface area contributed by atoms with Crippen molar-refractivity contribution >= 4 is 5.95 Å². The first-order chi connectivity index (χ1) is 9.69. The molecule has 0 saturated heterocycles. The molecule has 0 fully saturated rings. The van der Waals surface area contributed by atoms with Crippen LogP contribution < -0.4 is 10.1 Å². The predicted octanol–water partition coefficient (Wildman–Crippen LogP) is 3.19. The van der Waals surface area contributed by atoms with Crippen molar-refractivity contribution in [3.05, 3.63) is 48.0 Å². The fourth-order valence-electron chi connectivity index (χ4n) is 1.68. The van der Waals surface area contributed by atoms with Crippen molar-refractivity contribution in [2.45, 2.75) is 26.4 Å². The van der Waals surface area contributed by atoms with E-state index in [0.29, 0.717) is 12.5 Å². The maximum atomic E-state index is 13.5. The van der Waals surface area contributed by atoms with Crippen LogP contribution in [0.25, 0.3) is 0 Å². The Morgan fingerprint density at radius 1 is 1.25 bits per heavy atom. The zero-order chi connectivity index (χ0) is 14.4. The summed E-state index contributed by atoms with van der Waals surface area (Å²) in [6.45, 7) is 4.44. The van der Waals surface area contributed by atoms with Crippen molar-refractivity contribution in [1.82, 2.24) is 9.97 Å². The highest BCUT2D eigenvalue weighted by Crippen LogP contribution is 2.18. The summed E-state index contributed by atoms with van der Waals surface area (Å²) in [5.74, 6) is 0.467. The molecule has 2 rings (SSSR count). The summed E-state index contributed by atoms with van der Waals surface area (Å²) in [5.41, 5.74) is 1.00. The summed E-state index contributed by atoms with van der Waals surface area (Å²) in [6.07, 6.45) is 4.10. The number of anilines is 1. The van der Waals surface area contributed by atoms with Gasteiger partial charge in [0, 0.05) is 12.4 Å². The Kier molecular flexibility index (Phi) is 4.87. The maximum Gasteiger partial charge on any atom is 0.222 e. The summed E-state index contributed by atoms with van der Waals surface area (Å²) < 4.78 is 19.2. The Labute approximate surface area is 118 Å². The number of hydrogen-bond acceptors (Lipinski definition) is 4. The highest BCUT2D eigenvalue weighted by atomic mass is 19.1. The van der Waals surface area contributed by atoms with Gasteiger partial charge in [0.25, 0.3) is 0 Å². The molecule has 0 saturated carbocycles. The van der Waals surface area contributed by atoms with Crippen molar-refractivity contribution in [1.29, 1.82) is 0 Å². The number of rotatable bonds is 6. The Bertz CT molecular complexity index is 545. The van der Waals surface area contributed by atoms with Gasteiger partial charge in [0.15, 0.2) is 11.6 Å².